The van der Waals surface area contributed by atoms with Crippen molar-refractivity contribution in [1.29, 1.82) is 0 Å². The summed E-state index contributed by atoms with van der Waals surface area (Å²) in [6.45, 7) is 0. The van der Waals surface area contributed by atoms with E-state index < -0.39 is 29.6 Å². The van der Waals surface area contributed by atoms with Gasteiger partial charge in [0.2, 0.25) is 0 Å². The molecule has 2 rings (SSSR count). The second kappa shape index (κ2) is 4.28. The van der Waals surface area contributed by atoms with Gasteiger partial charge in [-0.05, 0) is 23.8 Å². The summed E-state index contributed by atoms with van der Waals surface area (Å²) in [4.78, 5) is 22.2. The SMILES string of the molecule is O=C1CC(c2cc(Cl)cc(C(F)(F)F)c2)C(=O)O1. The predicted molar refractivity (Wildman–Crippen MR) is 54.9 cm³/mol. The van der Waals surface area contributed by atoms with E-state index in [-0.39, 0.29) is 17.0 Å². The van der Waals surface area contributed by atoms with Crippen LogP contribution in [-0.2, 0) is 20.5 Å². The van der Waals surface area contributed by atoms with Crippen LogP contribution in [0.25, 0.3) is 0 Å². The molecule has 1 aromatic rings. The molecule has 0 amide bonds. The van der Waals surface area contributed by atoms with E-state index in [2.05, 4.69) is 4.74 Å². The van der Waals surface area contributed by atoms with Crippen LogP contribution in [0.1, 0.15) is 23.5 Å². The molecule has 7 heteroatoms. The Morgan fingerprint density at radius 3 is 2.39 bits per heavy atom. The molecule has 1 aliphatic rings. The number of alkyl halides is 3. The second-order valence-electron chi connectivity index (χ2n) is 3.82. The van der Waals surface area contributed by atoms with Crippen LogP contribution in [-0.4, -0.2) is 11.9 Å². The summed E-state index contributed by atoms with van der Waals surface area (Å²) in [5.41, 5.74) is -0.928. The quantitative estimate of drug-likeness (QED) is 0.586. The van der Waals surface area contributed by atoms with Gasteiger partial charge in [-0.25, -0.2) is 0 Å². The van der Waals surface area contributed by atoms with Gasteiger partial charge in [-0.15, -0.1) is 0 Å². The monoisotopic (exact) mass is 278 g/mol. The maximum Gasteiger partial charge on any atom is 0.416 e. The molecule has 0 aliphatic carbocycles. The lowest BCUT2D eigenvalue weighted by molar-refractivity contribution is -0.152. The summed E-state index contributed by atoms with van der Waals surface area (Å²) in [5.74, 6) is -2.62. The molecule has 0 bridgehead atoms. The van der Waals surface area contributed by atoms with Crippen molar-refractivity contribution in [1.82, 2.24) is 0 Å². The van der Waals surface area contributed by atoms with Crippen molar-refractivity contribution in [2.24, 2.45) is 0 Å². The van der Waals surface area contributed by atoms with E-state index in [4.69, 9.17) is 11.6 Å². The Morgan fingerprint density at radius 2 is 1.89 bits per heavy atom. The maximum atomic E-state index is 12.6. The number of carbonyl (C=O) groups is 2. The van der Waals surface area contributed by atoms with E-state index >= 15 is 0 Å². The predicted octanol–water partition coefficient (Wildman–Crippen LogP) is 2.92. The third-order valence-corrected chi connectivity index (χ3v) is 2.74. The van der Waals surface area contributed by atoms with Crippen LogP contribution in [0.5, 0.6) is 0 Å². The van der Waals surface area contributed by atoms with Gasteiger partial charge in [-0.1, -0.05) is 11.6 Å². The second-order valence-corrected chi connectivity index (χ2v) is 4.26. The first-order valence-electron chi connectivity index (χ1n) is 4.89. The van der Waals surface area contributed by atoms with E-state index in [9.17, 15) is 22.8 Å². The van der Waals surface area contributed by atoms with Crippen LogP contribution in [0.2, 0.25) is 5.02 Å². The molecule has 18 heavy (non-hydrogen) atoms. The van der Waals surface area contributed by atoms with Crippen LogP contribution in [0, 0.1) is 0 Å². The molecule has 0 aromatic heterocycles. The number of benzene rings is 1. The molecule has 1 aliphatic heterocycles. The Morgan fingerprint density at radius 1 is 1.22 bits per heavy atom. The van der Waals surface area contributed by atoms with Gasteiger partial charge in [0.1, 0.15) is 0 Å². The van der Waals surface area contributed by atoms with Crippen LogP contribution in [0.15, 0.2) is 18.2 Å². The largest absolute Gasteiger partial charge is 0.416 e. The normalized spacial score (nSPS) is 20.1. The topological polar surface area (TPSA) is 43.4 Å². The van der Waals surface area contributed by atoms with Crippen LogP contribution in [0.4, 0.5) is 13.2 Å². The molecule has 1 saturated heterocycles. The minimum absolute atomic E-state index is 0.0330. The summed E-state index contributed by atoms with van der Waals surface area (Å²) >= 11 is 5.58. The fraction of sp³-hybridized carbons (Fsp3) is 0.273. The Balaban J connectivity index is 2.43. The number of halogens is 4. The first-order valence-corrected chi connectivity index (χ1v) is 5.27. The Bertz CT molecular complexity index is 525. The Labute approximate surface area is 104 Å². The smallest absolute Gasteiger partial charge is 0.393 e. The molecule has 1 fully saturated rings. The van der Waals surface area contributed by atoms with Crippen molar-refractivity contribution in [3.05, 3.63) is 34.3 Å². The molecule has 0 saturated carbocycles. The van der Waals surface area contributed by atoms with E-state index in [0.717, 1.165) is 12.1 Å². The lowest BCUT2D eigenvalue weighted by Crippen LogP contribution is -2.10. The summed E-state index contributed by atoms with van der Waals surface area (Å²) < 4.78 is 42.0. The Kier molecular flexibility index (Phi) is 3.06. The van der Waals surface area contributed by atoms with Crippen molar-refractivity contribution in [3.63, 3.8) is 0 Å². The van der Waals surface area contributed by atoms with E-state index in [1.165, 1.54) is 6.07 Å². The van der Waals surface area contributed by atoms with Gasteiger partial charge >= 0.3 is 18.1 Å². The van der Waals surface area contributed by atoms with Crippen molar-refractivity contribution in [2.75, 3.05) is 0 Å². The zero-order chi connectivity index (χ0) is 13.5. The van der Waals surface area contributed by atoms with Gasteiger partial charge in [0.05, 0.1) is 17.9 Å². The number of ether oxygens (including phenoxy) is 1. The average molecular weight is 279 g/mol. The fourth-order valence-electron chi connectivity index (χ4n) is 1.71. The fourth-order valence-corrected chi connectivity index (χ4v) is 1.95. The highest BCUT2D eigenvalue weighted by Crippen LogP contribution is 2.36. The number of hydrogen-bond acceptors (Lipinski definition) is 3. The van der Waals surface area contributed by atoms with Crippen molar-refractivity contribution in [3.8, 4) is 0 Å². The lowest BCUT2D eigenvalue weighted by atomic mass is 9.96. The number of esters is 2. The van der Waals surface area contributed by atoms with Gasteiger partial charge in [0.15, 0.2) is 0 Å². The molecule has 3 nitrogen and oxygen atoms in total. The summed E-state index contributed by atoms with van der Waals surface area (Å²) in [6, 6.07) is 2.78. The lowest BCUT2D eigenvalue weighted by Gasteiger charge is -2.11. The Hall–Kier alpha value is -1.56. The summed E-state index contributed by atoms with van der Waals surface area (Å²) in [7, 11) is 0. The first-order chi connectivity index (χ1) is 8.27. The molecule has 1 atom stereocenters. The van der Waals surface area contributed by atoms with Crippen molar-refractivity contribution >= 4 is 23.5 Å². The molecular formula is C11H6ClF3O3. The number of carbonyl (C=O) groups excluding carboxylic acids is 2. The van der Waals surface area contributed by atoms with E-state index in [1.807, 2.05) is 0 Å². The highest BCUT2D eigenvalue weighted by molar-refractivity contribution is 6.30. The standard InChI is InChI=1S/C11H6ClF3O3/c12-7-2-5(1-6(3-7)11(13,14)15)8-4-9(16)18-10(8)17/h1-3,8H,4H2. The molecule has 0 spiro atoms. The third kappa shape index (κ3) is 2.48. The number of rotatable bonds is 1. The molecule has 0 radical (unpaired) electrons. The van der Waals surface area contributed by atoms with Gasteiger partial charge in [-0.2, -0.15) is 13.2 Å². The van der Waals surface area contributed by atoms with Crippen LogP contribution in [0.3, 0.4) is 0 Å². The average Bonchev–Trinajstić information content (AvgIpc) is 2.55. The molecule has 96 valence electrons. The van der Waals surface area contributed by atoms with Gasteiger partial charge < -0.3 is 4.74 Å². The summed E-state index contributed by atoms with van der Waals surface area (Å²) in [5, 5.41) is -0.146. The van der Waals surface area contributed by atoms with Gasteiger partial charge in [0, 0.05) is 5.02 Å². The first kappa shape index (κ1) is 12.9. The molecule has 0 N–H and O–H groups in total. The molecular weight excluding hydrogens is 273 g/mol. The third-order valence-electron chi connectivity index (χ3n) is 2.52. The van der Waals surface area contributed by atoms with Crippen LogP contribution < -0.4 is 0 Å². The summed E-state index contributed by atoms with van der Waals surface area (Å²) in [6.07, 6.45) is -4.83. The van der Waals surface area contributed by atoms with Crippen molar-refractivity contribution in [2.45, 2.75) is 18.5 Å². The minimum Gasteiger partial charge on any atom is -0.393 e. The molecule has 1 unspecified atom stereocenters. The molecule has 1 aromatic carbocycles. The van der Waals surface area contributed by atoms with Crippen molar-refractivity contribution < 1.29 is 27.5 Å². The van der Waals surface area contributed by atoms with E-state index in [0.29, 0.717) is 0 Å². The number of hydrogen-bond donors (Lipinski definition) is 0. The van der Waals surface area contributed by atoms with E-state index in [1.54, 1.807) is 0 Å². The number of cyclic esters (lactones) is 2. The zero-order valence-corrected chi connectivity index (χ0v) is 9.51. The zero-order valence-electron chi connectivity index (χ0n) is 8.75. The minimum atomic E-state index is -4.56. The van der Waals surface area contributed by atoms with Crippen LogP contribution >= 0.6 is 11.6 Å². The molecule has 1 heterocycles. The highest BCUT2D eigenvalue weighted by Gasteiger charge is 2.37. The maximum absolute atomic E-state index is 12.6. The van der Waals surface area contributed by atoms with Gasteiger partial charge in [-0.3, -0.25) is 9.59 Å². The van der Waals surface area contributed by atoms with Gasteiger partial charge in [0.25, 0.3) is 0 Å². The highest BCUT2D eigenvalue weighted by atomic mass is 35.5.